The van der Waals surface area contributed by atoms with E-state index in [9.17, 15) is 9.59 Å². The minimum Gasteiger partial charge on any atom is -0.479 e. The first-order valence-corrected chi connectivity index (χ1v) is 5.46. The monoisotopic (exact) mass is 236 g/mol. The Balaban J connectivity index is 2.68. The van der Waals surface area contributed by atoms with Gasteiger partial charge in [-0.25, -0.2) is 4.79 Å². The Hall–Kier alpha value is -1.84. The molecule has 0 spiro atoms. The minimum absolute atomic E-state index is 0.0811. The molecule has 0 aromatic heterocycles. The molecule has 0 amide bonds. The van der Waals surface area contributed by atoms with Crippen LogP contribution < -0.4 is 4.74 Å². The molecule has 4 nitrogen and oxygen atoms in total. The molecule has 1 aromatic rings. The summed E-state index contributed by atoms with van der Waals surface area (Å²) in [5, 5.41) is 0. The molecule has 0 aliphatic carbocycles. The van der Waals surface area contributed by atoms with Crippen LogP contribution in [0, 0.1) is 0 Å². The zero-order valence-corrected chi connectivity index (χ0v) is 10.2. The van der Waals surface area contributed by atoms with Gasteiger partial charge in [0.1, 0.15) is 5.75 Å². The average Bonchev–Trinajstić information content (AvgIpc) is 2.37. The van der Waals surface area contributed by atoms with Crippen molar-refractivity contribution in [1.82, 2.24) is 0 Å². The molecule has 0 saturated carbocycles. The van der Waals surface area contributed by atoms with Crippen molar-refractivity contribution < 1.29 is 19.1 Å². The Kier molecular flexibility index (Phi) is 4.69. The molecule has 92 valence electrons. The Labute approximate surface area is 101 Å². The Morgan fingerprint density at radius 2 is 1.82 bits per heavy atom. The molecule has 1 atom stereocenters. The summed E-state index contributed by atoms with van der Waals surface area (Å²) < 4.78 is 9.90. The van der Waals surface area contributed by atoms with Gasteiger partial charge in [0.05, 0.1) is 7.11 Å². The van der Waals surface area contributed by atoms with Gasteiger partial charge in [-0.05, 0) is 31.2 Å². The van der Waals surface area contributed by atoms with Crippen LogP contribution in [0.5, 0.6) is 5.75 Å². The molecule has 0 bridgehead atoms. The summed E-state index contributed by atoms with van der Waals surface area (Å²) in [6, 6.07) is 6.71. The quantitative estimate of drug-likeness (QED) is 0.581. The van der Waals surface area contributed by atoms with Gasteiger partial charge in [0.2, 0.25) is 0 Å². The molecule has 0 radical (unpaired) electrons. The molecule has 1 aromatic carbocycles. The predicted octanol–water partition coefficient (Wildman–Crippen LogP) is 2.22. The first kappa shape index (κ1) is 13.2. The van der Waals surface area contributed by atoms with E-state index in [1.165, 1.54) is 7.11 Å². The molecule has 4 heteroatoms. The van der Waals surface area contributed by atoms with Crippen LogP contribution in [-0.4, -0.2) is 25.0 Å². The highest BCUT2D eigenvalue weighted by Gasteiger charge is 2.14. The van der Waals surface area contributed by atoms with Crippen molar-refractivity contribution in [3.8, 4) is 5.75 Å². The number of esters is 1. The van der Waals surface area contributed by atoms with Crippen LogP contribution in [0.1, 0.15) is 30.6 Å². The zero-order valence-electron chi connectivity index (χ0n) is 10.2. The van der Waals surface area contributed by atoms with E-state index in [0.29, 0.717) is 17.7 Å². The van der Waals surface area contributed by atoms with E-state index in [0.717, 1.165) is 0 Å². The number of methoxy groups -OCH3 is 1. The summed E-state index contributed by atoms with van der Waals surface area (Å²) in [6.45, 7) is 3.42. The molecule has 0 aliphatic rings. The number of Topliss-reactive ketones (excluding diaryl/α,β-unsaturated/α-hetero) is 1. The number of ether oxygens (including phenoxy) is 2. The molecular formula is C13H16O4. The van der Waals surface area contributed by atoms with Gasteiger partial charge in [-0.2, -0.15) is 0 Å². The minimum atomic E-state index is -0.660. The number of rotatable bonds is 5. The second-order valence-corrected chi connectivity index (χ2v) is 3.58. The molecule has 0 unspecified atom stereocenters. The van der Waals surface area contributed by atoms with E-state index in [1.807, 2.05) is 6.92 Å². The van der Waals surface area contributed by atoms with Gasteiger partial charge in [-0.1, -0.05) is 6.92 Å². The highest BCUT2D eigenvalue weighted by molar-refractivity contribution is 5.95. The summed E-state index contributed by atoms with van der Waals surface area (Å²) in [7, 11) is 1.31. The molecule has 0 N–H and O–H groups in total. The number of carbonyl (C=O) groups is 2. The highest BCUT2D eigenvalue weighted by atomic mass is 16.6. The van der Waals surface area contributed by atoms with Crippen molar-refractivity contribution in [2.24, 2.45) is 0 Å². The Morgan fingerprint density at radius 3 is 2.29 bits per heavy atom. The van der Waals surface area contributed by atoms with Crippen molar-refractivity contribution in [3.63, 3.8) is 0 Å². The topological polar surface area (TPSA) is 52.6 Å². The van der Waals surface area contributed by atoms with Gasteiger partial charge >= 0.3 is 5.97 Å². The molecular weight excluding hydrogens is 220 g/mol. The number of carbonyl (C=O) groups excluding carboxylic acids is 2. The third-order valence-corrected chi connectivity index (χ3v) is 2.34. The Bertz CT molecular complexity index is 394. The predicted molar refractivity (Wildman–Crippen MR) is 63.2 cm³/mol. The summed E-state index contributed by atoms with van der Waals surface area (Å²) in [6.07, 6.45) is -0.189. The maximum Gasteiger partial charge on any atom is 0.346 e. The third-order valence-electron chi connectivity index (χ3n) is 2.34. The fourth-order valence-electron chi connectivity index (χ4n) is 1.34. The van der Waals surface area contributed by atoms with Gasteiger partial charge in [0, 0.05) is 12.0 Å². The van der Waals surface area contributed by atoms with Gasteiger partial charge < -0.3 is 9.47 Å². The SMILES string of the molecule is CCC(=O)c1ccc(O[C@@H](C)C(=O)OC)cc1. The number of ketones is 1. The first-order chi connectivity index (χ1) is 8.08. The van der Waals surface area contributed by atoms with Gasteiger partial charge in [0.25, 0.3) is 0 Å². The van der Waals surface area contributed by atoms with E-state index in [-0.39, 0.29) is 5.78 Å². The summed E-state index contributed by atoms with van der Waals surface area (Å²) in [5.74, 6) is 0.187. The van der Waals surface area contributed by atoms with Crippen molar-refractivity contribution in [2.75, 3.05) is 7.11 Å². The summed E-state index contributed by atoms with van der Waals surface area (Å²) >= 11 is 0. The molecule has 0 saturated heterocycles. The van der Waals surface area contributed by atoms with Crippen LogP contribution >= 0.6 is 0 Å². The third kappa shape index (κ3) is 3.59. The molecule has 17 heavy (non-hydrogen) atoms. The first-order valence-electron chi connectivity index (χ1n) is 5.46. The van der Waals surface area contributed by atoms with Gasteiger partial charge in [-0.15, -0.1) is 0 Å². The second kappa shape index (κ2) is 6.03. The van der Waals surface area contributed by atoms with Crippen LogP contribution in [0.3, 0.4) is 0 Å². The van der Waals surface area contributed by atoms with Crippen molar-refractivity contribution in [2.45, 2.75) is 26.4 Å². The number of hydrogen-bond donors (Lipinski definition) is 0. The summed E-state index contributed by atoms with van der Waals surface area (Å²) in [4.78, 5) is 22.5. The standard InChI is InChI=1S/C13H16O4/c1-4-12(14)10-5-7-11(8-6-10)17-9(2)13(15)16-3/h5-9H,4H2,1-3H3/t9-/m0/s1. The van der Waals surface area contributed by atoms with E-state index < -0.39 is 12.1 Å². The number of benzene rings is 1. The lowest BCUT2D eigenvalue weighted by Gasteiger charge is -2.12. The van der Waals surface area contributed by atoms with Crippen LogP contribution in [0.15, 0.2) is 24.3 Å². The van der Waals surface area contributed by atoms with Crippen LogP contribution in [0.2, 0.25) is 0 Å². The maximum atomic E-state index is 11.4. The molecule has 0 heterocycles. The molecule has 0 aliphatic heterocycles. The normalized spacial score (nSPS) is 11.7. The van der Waals surface area contributed by atoms with Gasteiger partial charge in [0.15, 0.2) is 11.9 Å². The van der Waals surface area contributed by atoms with Crippen molar-refractivity contribution >= 4 is 11.8 Å². The van der Waals surface area contributed by atoms with Gasteiger partial charge in [-0.3, -0.25) is 4.79 Å². The smallest absolute Gasteiger partial charge is 0.346 e. The summed E-state index contributed by atoms with van der Waals surface area (Å²) in [5.41, 5.74) is 0.644. The molecule has 1 rings (SSSR count). The van der Waals surface area contributed by atoms with E-state index in [4.69, 9.17) is 4.74 Å². The number of hydrogen-bond acceptors (Lipinski definition) is 4. The Morgan fingerprint density at radius 1 is 1.24 bits per heavy atom. The highest BCUT2D eigenvalue weighted by Crippen LogP contribution is 2.15. The van der Waals surface area contributed by atoms with Crippen molar-refractivity contribution in [1.29, 1.82) is 0 Å². The lowest BCUT2D eigenvalue weighted by molar-refractivity contribution is -0.147. The fourth-order valence-corrected chi connectivity index (χ4v) is 1.34. The van der Waals surface area contributed by atoms with Crippen LogP contribution in [0.25, 0.3) is 0 Å². The van der Waals surface area contributed by atoms with Crippen LogP contribution in [0.4, 0.5) is 0 Å². The largest absolute Gasteiger partial charge is 0.479 e. The van der Waals surface area contributed by atoms with E-state index >= 15 is 0 Å². The van der Waals surface area contributed by atoms with E-state index in [1.54, 1.807) is 31.2 Å². The zero-order chi connectivity index (χ0) is 12.8. The fraction of sp³-hybridized carbons (Fsp3) is 0.385. The lowest BCUT2D eigenvalue weighted by Crippen LogP contribution is -2.24. The average molecular weight is 236 g/mol. The lowest BCUT2D eigenvalue weighted by atomic mass is 10.1. The van der Waals surface area contributed by atoms with E-state index in [2.05, 4.69) is 4.74 Å². The maximum absolute atomic E-state index is 11.4. The van der Waals surface area contributed by atoms with Crippen molar-refractivity contribution in [3.05, 3.63) is 29.8 Å². The molecule has 0 fully saturated rings. The van der Waals surface area contributed by atoms with Crippen LogP contribution in [-0.2, 0) is 9.53 Å². The second-order valence-electron chi connectivity index (χ2n) is 3.58.